The number of hydrogen-bond acceptors (Lipinski definition) is 6. The summed E-state index contributed by atoms with van der Waals surface area (Å²) in [6, 6.07) is 2.52. The number of esters is 2. The highest BCUT2D eigenvalue weighted by atomic mass is 16.5. The first-order chi connectivity index (χ1) is 14.2. The standard InChI is InChI=1S/C20H24N4O6/c1-5-29-15(25)19-20(16(26)30-6-2)23(17(27)21-19)9-13-7-11(3)12(4)8-14(13)10-24(20)18(28)22-19/h7-8H,5-6,9-10H2,1-4H3,(H,21,27)(H,22,28)/t19-,20+. The van der Waals surface area contributed by atoms with Crippen molar-refractivity contribution in [1.82, 2.24) is 20.4 Å². The molecule has 10 nitrogen and oxygen atoms in total. The van der Waals surface area contributed by atoms with Crippen LogP contribution in [-0.4, -0.2) is 58.3 Å². The minimum atomic E-state index is -2.12. The molecule has 3 aliphatic rings. The lowest BCUT2D eigenvalue weighted by atomic mass is 9.93. The Bertz CT molecular complexity index is 921. The molecule has 0 spiro atoms. The SMILES string of the molecule is CCOC(=O)[C@]12NC(=O)N3Cc4cc(C)c(C)cc4CN(C(=O)N1)[C@@]32C(=O)OCC. The van der Waals surface area contributed by atoms with Crippen LogP contribution in [0.15, 0.2) is 12.1 Å². The van der Waals surface area contributed by atoms with E-state index < -0.39 is 35.3 Å². The van der Waals surface area contributed by atoms with E-state index in [1.54, 1.807) is 13.8 Å². The number of rotatable bonds is 4. The minimum Gasteiger partial charge on any atom is -0.463 e. The minimum absolute atomic E-state index is 0.00381. The normalized spacial score (nSPS) is 26.4. The summed E-state index contributed by atoms with van der Waals surface area (Å²) in [6.45, 7) is 7.17. The van der Waals surface area contributed by atoms with Gasteiger partial charge in [-0.15, -0.1) is 0 Å². The van der Waals surface area contributed by atoms with Crippen molar-refractivity contribution in [3.05, 3.63) is 34.4 Å². The molecule has 3 heterocycles. The van der Waals surface area contributed by atoms with Crippen molar-refractivity contribution in [2.24, 2.45) is 0 Å². The number of amides is 4. The summed E-state index contributed by atoms with van der Waals surface area (Å²) in [6.07, 6.45) is 0. The molecule has 0 aromatic heterocycles. The molecule has 30 heavy (non-hydrogen) atoms. The molecule has 2 N–H and O–H groups in total. The van der Waals surface area contributed by atoms with Crippen LogP contribution in [0.25, 0.3) is 0 Å². The van der Waals surface area contributed by atoms with Crippen LogP contribution in [0.3, 0.4) is 0 Å². The molecule has 0 radical (unpaired) electrons. The van der Waals surface area contributed by atoms with Gasteiger partial charge in [-0.05, 0) is 49.9 Å². The van der Waals surface area contributed by atoms with Crippen molar-refractivity contribution >= 4 is 24.0 Å². The first-order valence-electron chi connectivity index (χ1n) is 9.85. The maximum absolute atomic E-state index is 13.4. The number of hydrogen-bond donors (Lipinski definition) is 2. The van der Waals surface area contributed by atoms with Crippen LogP contribution in [0.1, 0.15) is 36.1 Å². The van der Waals surface area contributed by atoms with Gasteiger partial charge in [0.25, 0.3) is 11.3 Å². The van der Waals surface area contributed by atoms with Crippen LogP contribution in [0, 0.1) is 13.8 Å². The lowest BCUT2D eigenvalue weighted by Crippen LogP contribution is -2.74. The van der Waals surface area contributed by atoms with Crippen molar-refractivity contribution in [3.8, 4) is 0 Å². The Kier molecular flexibility index (Phi) is 4.41. The van der Waals surface area contributed by atoms with Gasteiger partial charge in [0.1, 0.15) is 0 Å². The molecule has 1 aromatic rings. The molecule has 0 bridgehead atoms. The molecule has 0 unspecified atom stereocenters. The summed E-state index contributed by atoms with van der Waals surface area (Å²) in [5.41, 5.74) is -0.555. The average molecular weight is 416 g/mol. The van der Waals surface area contributed by atoms with E-state index in [0.29, 0.717) is 0 Å². The van der Waals surface area contributed by atoms with E-state index in [0.717, 1.165) is 22.3 Å². The second kappa shape index (κ2) is 6.61. The highest BCUT2D eigenvalue weighted by Crippen LogP contribution is 2.47. The van der Waals surface area contributed by atoms with E-state index in [1.165, 1.54) is 9.80 Å². The summed E-state index contributed by atoms with van der Waals surface area (Å²) in [4.78, 5) is 55.0. The van der Waals surface area contributed by atoms with Crippen LogP contribution >= 0.6 is 0 Å². The number of aryl methyl sites for hydroxylation is 2. The fourth-order valence-corrected chi connectivity index (χ4v) is 4.54. The van der Waals surface area contributed by atoms with Crippen LogP contribution < -0.4 is 10.6 Å². The van der Waals surface area contributed by atoms with Crippen molar-refractivity contribution in [3.63, 3.8) is 0 Å². The molecular weight excluding hydrogens is 392 g/mol. The predicted octanol–water partition coefficient (Wildman–Crippen LogP) is 0.886. The van der Waals surface area contributed by atoms with Gasteiger partial charge in [-0.1, -0.05) is 12.1 Å². The fourth-order valence-electron chi connectivity index (χ4n) is 4.54. The number of benzene rings is 1. The number of nitrogens with zero attached hydrogens (tertiary/aromatic N) is 2. The van der Waals surface area contributed by atoms with Gasteiger partial charge in [0.2, 0.25) is 0 Å². The monoisotopic (exact) mass is 416 g/mol. The van der Waals surface area contributed by atoms with Crippen molar-refractivity contribution < 1.29 is 28.7 Å². The molecule has 1 aromatic carbocycles. The fraction of sp³-hybridized carbons (Fsp3) is 0.500. The van der Waals surface area contributed by atoms with E-state index >= 15 is 0 Å². The smallest absolute Gasteiger partial charge is 0.358 e. The van der Waals surface area contributed by atoms with E-state index in [4.69, 9.17) is 9.47 Å². The molecule has 0 atom stereocenters. The summed E-state index contributed by atoms with van der Waals surface area (Å²) in [7, 11) is 0. The van der Waals surface area contributed by atoms with Crippen LogP contribution in [0.5, 0.6) is 0 Å². The number of carbonyl (C=O) groups excluding carboxylic acids is 4. The Morgan fingerprint density at radius 2 is 1.33 bits per heavy atom. The van der Waals surface area contributed by atoms with E-state index in [-0.39, 0.29) is 26.3 Å². The molecule has 10 heteroatoms. The van der Waals surface area contributed by atoms with E-state index in [1.807, 2.05) is 26.0 Å². The van der Waals surface area contributed by atoms with Crippen LogP contribution in [0.4, 0.5) is 9.59 Å². The zero-order chi connectivity index (χ0) is 21.8. The predicted molar refractivity (Wildman–Crippen MR) is 103 cm³/mol. The van der Waals surface area contributed by atoms with Gasteiger partial charge in [-0.2, -0.15) is 0 Å². The van der Waals surface area contributed by atoms with Crippen LogP contribution in [-0.2, 0) is 32.2 Å². The average Bonchev–Trinajstić information content (AvgIpc) is 2.99. The van der Waals surface area contributed by atoms with Crippen molar-refractivity contribution in [2.75, 3.05) is 13.2 Å². The highest BCUT2D eigenvalue weighted by molar-refractivity contribution is 6.09. The molecule has 3 aliphatic heterocycles. The first-order valence-corrected chi connectivity index (χ1v) is 9.85. The maximum atomic E-state index is 13.4. The topological polar surface area (TPSA) is 117 Å². The van der Waals surface area contributed by atoms with Crippen molar-refractivity contribution in [1.29, 1.82) is 0 Å². The summed E-state index contributed by atoms with van der Waals surface area (Å²) < 4.78 is 10.5. The van der Waals surface area contributed by atoms with Gasteiger partial charge in [-0.3, -0.25) is 9.80 Å². The Morgan fingerprint density at radius 1 is 0.900 bits per heavy atom. The van der Waals surface area contributed by atoms with Gasteiger partial charge in [-0.25, -0.2) is 19.2 Å². The summed E-state index contributed by atoms with van der Waals surface area (Å²) in [5, 5.41) is 5.04. The number of ether oxygens (including phenoxy) is 2. The van der Waals surface area contributed by atoms with E-state index in [9.17, 15) is 19.2 Å². The third-order valence-corrected chi connectivity index (χ3v) is 6.00. The Hall–Kier alpha value is -3.30. The Morgan fingerprint density at radius 3 is 1.77 bits per heavy atom. The van der Waals surface area contributed by atoms with Gasteiger partial charge in [0.05, 0.1) is 26.3 Å². The van der Waals surface area contributed by atoms with Gasteiger partial charge in [0.15, 0.2) is 0 Å². The number of urea groups is 2. The summed E-state index contributed by atoms with van der Waals surface area (Å²) >= 11 is 0. The second-order valence-electron chi connectivity index (χ2n) is 7.60. The molecule has 2 fully saturated rings. The first kappa shape index (κ1) is 20.0. The summed E-state index contributed by atoms with van der Waals surface area (Å²) in [5.74, 6) is -1.81. The second-order valence-corrected chi connectivity index (χ2v) is 7.60. The molecule has 4 rings (SSSR count). The lowest BCUT2D eigenvalue weighted by molar-refractivity contribution is -0.178. The third-order valence-electron chi connectivity index (χ3n) is 6.00. The molecule has 0 aliphatic carbocycles. The number of carbonyl (C=O) groups is 4. The lowest BCUT2D eigenvalue weighted by Gasteiger charge is -2.40. The van der Waals surface area contributed by atoms with Crippen molar-refractivity contribution in [2.45, 2.75) is 52.1 Å². The highest BCUT2D eigenvalue weighted by Gasteiger charge is 2.81. The van der Waals surface area contributed by atoms with Gasteiger partial charge < -0.3 is 20.1 Å². The quantitative estimate of drug-likeness (QED) is 0.704. The zero-order valence-electron chi connectivity index (χ0n) is 17.3. The molecule has 160 valence electrons. The Labute approximate surface area is 173 Å². The van der Waals surface area contributed by atoms with Crippen LogP contribution in [0.2, 0.25) is 0 Å². The number of fused-ring (bicyclic) bond motifs is 1. The van der Waals surface area contributed by atoms with E-state index in [2.05, 4.69) is 10.6 Å². The molecule has 2 saturated heterocycles. The zero-order valence-corrected chi connectivity index (χ0v) is 17.3. The largest absolute Gasteiger partial charge is 0.463 e. The molecule has 0 saturated carbocycles. The Balaban J connectivity index is 1.98. The molecule has 4 amide bonds. The van der Waals surface area contributed by atoms with Gasteiger partial charge >= 0.3 is 24.0 Å². The maximum Gasteiger partial charge on any atom is 0.358 e. The molecular formula is C20H24N4O6. The third kappa shape index (κ3) is 2.30. The number of nitrogens with one attached hydrogen (secondary N) is 2. The van der Waals surface area contributed by atoms with Gasteiger partial charge in [0, 0.05) is 0 Å².